The summed E-state index contributed by atoms with van der Waals surface area (Å²) in [7, 11) is 0. The summed E-state index contributed by atoms with van der Waals surface area (Å²) >= 11 is 0. The summed E-state index contributed by atoms with van der Waals surface area (Å²) < 4.78 is 12.2. The quantitative estimate of drug-likeness (QED) is 0.556. The van der Waals surface area contributed by atoms with Crippen molar-refractivity contribution in [1.29, 1.82) is 0 Å². The molecule has 6 nitrogen and oxygen atoms in total. The van der Waals surface area contributed by atoms with Crippen molar-refractivity contribution in [2.45, 2.75) is 34.6 Å². The molecule has 0 fully saturated rings. The second-order valence-corrected chi connectivity index (χ2v) is 7.10. The van der Waals surface area contributed by atoms with Crippen molar-refractivity contribution in [3.63, 3.8) is 0 Å². The van der Waals surface area contributed by atoms with Gasteiger partial charge in [-0.1, -0.05) is 33.8 Å². The maximum absolute atomic E-state index is 12.7. The predicted molar refractivity (Wildman–Crippen MR) is 97.6 cm³/mol. The molecule has 6 heteroatoms. The number of hydrogen-bond donors (Lipinski definition) is 0. The van der Waals surface area contributed by atoms with E-state index in [4.69, 9.17) is 9.47 Å². The summed E-state index contributed by atoms with van der Waals surface area (Å²) in [6.07, 6.45) is 1.64. The van der Waals surface area contributed by atoms with Crippen molar-refractivity contribution >= 4 is 23.2 Å². The van der Waals surface area contributed by atoms with Crippen molar-refractivity contribution in [3.8, 4) is 0 Å². The summed E-state index contributed by atoms with van der Waals surface area (Å²) in [5.41, 5.74) is 0.622. The third kappa shape index (κ3) is 4.12. The van der Waals surface area contributed by atoms with E-state index in [-0.39, 0.29) is 47.7 Å². The molecule has 0 radical (unpaired) electrons. The Morgan fingerprint density at radius 2 is 1.46 bits per heavy atom. The molecule has 0 amide bonds. The minimum atomic E-state index is -0.691. The van der Waals surface area contributed by atoms with Gasteiger partial charge in [0.25, 0.3) is 0 Å². The van der Waals surface area contributed by atoms with Gasteiger partial charge in [-0.25, -0.2) is 9.59 Å². The Morgan fingerprint density at radius 1 is 0.923 bits per heavy atom. The highest BCUT2D eigenvalue weighted by Crippen LogP contribution is 2.26. The molecule has 0 unspecified atom stereocenters. The number of nitrogens with zero attached hydrogens (tertiary/aromatic N) is 1. The average Bonchev–Trinajstić information content (AvgIpc) is 2.92. The highest BCUT2D eigenvalue weighted by molar-refractivity contribution is 6.15. The monoisotopic (exact) mass is 359 g/mol. The average molecular weight is 359 g/mol. The summed E-state index contributed by atoms with van der Waals surface area (Å²) in [4.78, 5) is 37.7. The van der Waals surface area contributed by atoms with E-state index in [0.717, 1.165) is 0 Å². The van der Waals surface area contributed by atoms with Crippen LogP contribution in [0.5, 0.6) is 0 Å². The standard InChI is InChI=1S/C20H25NO5/c1-12(2)10-25-19(23)16-15-8-6-7-9-21(15)18(14(5)22)17(16)20(24)26-11-13(3)4/h6-9,12-13H,10-11H2,1-5H3. The van der Waals surface area contributed by atoms with Crippen LogP contribution in [0.4, 0.5) is 0 Å². The third-order valence-corrected chi connectivity index (χ3v) is 3.68. The fourth-order valence-corrected chi connectivity index (χ4v) is 2.59. The summed E-state index contributed by atoms with van der Waals surface area (Å²) in [5.74, 6) is -1.37. The SMILES string of the molecule is CC(=O)c1c(C(=O)OCC(C)C)c(C(=O)OCC(C)C)c2ccccn12. The van der Waals surface area contributed by atoms with Crippen LogP contribution >= 0.6 is 0 Å². The molecular weight excluding hydrogens is 334 g/mol. The highest BCUT2D eigenvalue weighted by Gasteiger charge is 2.31. The molecule has 0 aromatic carbocycles. The number of ketones is 1. The number of pyridine rings is 1. The Labute approximate surface area is 153 Å². The van der Waals surface area contributed by atoms with Gasteiger partial charge in [0, 0.05) is 13.1 Å². The van der Waals surface area contributed by atoms with Crippen LogP contribution in [0.15, 0.2) is 24.4 Å². The van der Waals surface area contributed by atoms with E-state index in [0.29, 0.717) is 5.52 Å². The van der Waals surface area contributed by atoms with Gasteiger partial charge in [0.2, 0.25) is 0 Å². The van der Waals surface area contributed by atoms with Crippen LogP contribution in [-0.4, -0.2) is 35.3 Å². The predicted octanol–water partition coefficient (Wildman–Crippen LogP) is 3.77. The Hall–Kier alpha value is -2.63. The highest BCUT2D eigenvalue weighted by atomic mass is 16.5. The molecule has 0 aliphatic heterocycles. The minimum Gasteiger partial charge on any atom is -0.462 e. The van der Waals surface area contributed by atoms with Crippen molar-refractivity contribution in [2.75, 3.05) is 13.2 Å². The van der Waals surface area contributed by atoms with Gasteiger partial charge in [-0.05, 0) is 24.0 Å². The zero-order chi connectivity index (χ0) is 19.4. The first-order valence-corrected chi connectivity index (χ1v) is 8.72. The normalized spacial score (nSPS) is 11.2. The fraction of sp³-hybridized carbons (Fsp3) is 0.450. The largest absolute Gasteiger partial charge is 0.462 e. The molecule has 0 N–H and O–H groups in total. The molecule has 0 saturated carbocycles. The van der Waals surface area contributed by atoms with Crippen LogP contribution in [0.3, 0.4) is 0 Å². The van der Waals surface area contributed by atoms with Gasteiger partial charge in [-0.15, -0.1) is 0 Å². The molecule has 140 valence electrons. The Balaban J connectivity index is 2.63. The first-order chi connectivity index (χ1) is 12.2. The van der Waals surface area contributed by atoms with Crippen molar-refractivity contribution < 1.29 is 23.9 Å². The maximum atomic E-state index is 12.7. The van der Waals surface area contributed by atoms with Crippen molar-refractivity contribution in [3.05, 3.63) is 41.2 Å². The summed E-state index contributed by atoms with van der Waals surface area (Å²) in [5, 5.41) is 0. The number of aromatic nitrogens is 1. The molecule has 2 aromatic heterocycles. The zero-order valence-corrected chi connectivity index (χ0v) is 15.9. The molecular formula is C20H25NO5. The first kappa shape index (κ1) is 19.7. The number of rotatable bonds is 7. The van der Waals surface area contributed by atoms with Gasteiger partial charge >= 0.3 is 11.9 Å². The lowest BCUT2D eigenvalue weighted by molar-refractivity contribution is 0.0414. The van der Waals surface area contributed by atoms with E-state index >= 15 is 0 Å². The molecule has 0 saturated heterocycles. The number of esters is 2. The lowest BCUT2D eigenvalue weighted by Gasteiger charge is -2.10. The van der Waals surface area contributed by atoms with Gasteiger partial charge in [0.15, 0.2) is 5.78 Å². The Bertz CT molecular complexity index is 832. The van der Waals surface area contributed by atoms with Gasteiger partial charge in [-0.2, -0.15) is 0 Å². The lowest BCUT2D eigenvalue weighted by atomic mass is 10.1. The molecule has 0 bridgehead atoms. The number of fused-ring (bicyclic) bond motifs is 1. The minimum absolute atomic E-state index is 0.0295. The molecule has 26 heavy (non-hydrogen) atoms. The lowest BCUT2D eigenvalue weighted by Crippen LogP contribution is -2.18. The van der Waals surface area contributed by atoms with Gasteiger partial charge < -0.3 is 13.9 Å². The number of carbonyl (C=O) groups is 3. The van der Waals surface area contributed by atoms with Crippen molar-refractivity contribution in [2.24, 2.45) is 11.8 Å². The molecule has 0 aliphatic carbocycles. The van der Waals surface area contributed by atoms with E-state index < -0.39 is 11.9 Å². The number of carbonyl (C=O) groups excluding carboxylic acids is 3. The van der Waals surface area contributed by atoms with E-state index in [1.54, 1.807) is 28.8 Å². The molecule has 0 atom stereocenters. The fourth-order valence-electron chi connectivity index (χ4n) is 2.59. The van der Waals surface area contributed by atoms with Gasteiger partial charge in [-0.3, -0.25) is 4.79 Å². The van der Waals surface area contributed by atoms with Crippen LogP contribution in [0.2, 0.25) is 0 Å². The summed E-state index contributed by atoms with van der Waals surface area (Å²) in [6, 6.07) is 5.14. The van der Waals surface area contributed by atoms with Crippen LogP contribution in [-0.2, 0) is 9.47 Å². The molecule has 0 aliphatic rings. The van der Waals surface area contributed by atoms with Crippen molar-refractivity contribution in [1.82, 2.24) is 4.40 Å². The van der Waals surface area contributed by atoms with E-state index in [1.807, 2.05) is 27.7 Å². The molecule has 2 aromatic rings. The molecule has 2 rings (SSSR count). The number of ether oxygens (including phenoxy) is 2. The first-order valence-electron chi connectivity index (χ1n) is 8.72. The van der Waals surface area contributed by atoms with Gasteiger partial charge in [0.1, 0.15) is 16.8 Å². The van der Waals surface area contributed by atoms with E-state index in [9.17, 15) is 14.4 Å². The summed E-state index contributed by atoms with van der Waals surface area (Å²) in [6.45, 7) is 9.44. The van der Waals surface area contributed by atoms with Gasteiger partial charge in [0.05, 0.1) is 18.7 Å². The van der Waals surface area contributed by atoms with E-state index in [2.05, 4.69) is 0 Å². The number of Topliss-reactive ketones (excluding diaryl/α,β-unsaturated/α-hetero) is 1. The molecule has 2 heterocycles. The van der Waals surface area contributed by atoms with E-state index in [1.165, 1.54) is 6.92 Å². The van der Waals surface area contributed by atoms with Crippen LogP contribution in [0, 0.1) is 11.8 Å². The zero-order valence-electron chi connectivity index (χ0n) is 15.9. The maximum Gasteiger partial charge on any atom is 0.341 e. The third-order valence-electron chi connectivity index (χ3n) is 3.68. The molecule has 0 spiro atoms. The second-order valence-electron chi connectivity index (χ2n) is 7.10. The Morgan fingerprint density at radius 3 is 1.96 bits per heavy atom. The Kier molecular flexibility index (Phi) is 6.18. The van der Waals surface area contributed by atoms with Crippen LogP contribution in [0.1, 0.15) is 65.8 Å². The van der Waals surface area contributed by atoms with Crippen LogP contribution < -0.4 is 0 Å². The topological polar surface area (TPSA) is 74.1 Å². The second kappa shape index (κ2) is 8.17. The smallest absolute Gasteiger partial charge is 0.341 e. The number of hydrogen-bond acceptors (Lipinski definition) is 5. The van der Waals surface area contributed by atoms with Crippen LogP contribution in [0.25, 0.3) is 5.52 Å².